The number of carbonyl (C=O) groups excluding carboxylic acids is 2. The van der Waals surface area contributed by atoms with E-state index in [9.17, 15) is 9.59 Å². The van der Waals surface area contributed by atoms with Crippen molar-refractivity contribution >= 4 is 11.9 Å². The second kappa shape index (κ2) is 8.70. The van der Waals surface area contributed by atoms with E-state index >= 15 is 0 Å². The van der Waals surface area contributed by atoms with Gasteiger partial charge in [0.1, 0.15) is 11.5 Å². The summed E-state index contributed by atoms with van der Waals surface area (Å²) >= 11 is 0. The third-order valence-electron chi connectivity index (χ3n) is 6.50. The topological polar surface area (TPSA) is 86.3 Å². The first kappa shape index (κ1) is 22.0. The Kier molecular flexibility index (Phi) is 5.97. The normalized spacial score (nSPS) is 18.2. The number of ether oxygens (including phenoxy) is 4. The highest BCUT2D eigenvalue weighted by molar-refractivity contribution is 6.03. The number of amides is 1. The van der Waals surface area contributed by atoms with E-state index in [0.717, 1.165) is 5.56 Å². The van der Waals surface area contributed by atoms with Crippen LogP contribution in [0.25, 0.3) is 0 Å². The van der Waals surface area contributed by atoms with Gasteiger partial charge in [-0.1, -0.05) is 18.2 Å². The molecule has 1 fully saturated rings. The summed E-state index contributed by atoms with van der Waals surface area (Å²) in [5.74, 6) is 1.96. The van der Waals surface area contributed by atoms with Crippen LogP contribution in [0.5, 0.6) is 23.0 Å². The summed E-state index contributed by atoms with van der Waals surface area (Å²) < 4.78 is 21.5. The molecule has 0 saturated carbocycles. The maximum atomic E-state index is 13.4. The maximum absolute atomic E-state index is 13.4. The van der Waals surface area contributed by atoms with Crippen molar-refractivity contribution in [1.29, 1.82) is 0 Å². The van der Waals surface area contributed by atoms with Crippen LogP contribution in [-0.4, -0.2) is 57.2 Å². The van der Waals surface area contributed by atoms with E-state index in [1.807, 2.05) is 31.2 Å². The van der Waals surface area contributed by atoms with Gasteiger partial charge in [-0.15, -0.1) is 0 Å². The van der Waals surface area contributed by atoms with Gasteiger partial charge in [-0.3, -0.25) is 9.69 Å². The fourth-order valence-electron chi connectivity index (χ4n) is 4.64. The number of methoxy groups -OCH3 is 3. The summed E-state index contributed by atoms with van der Waals surface area (Å²) in [5, 5.41) is 3.03. The average Bonchev–Trinajstić information content (AvgIpc) is 2.82. The molecule has 0 radical (unpaired) electrons. The van der Waals surface area contributed by atoms with Crippen LogP contribution < -0.4 is 24.3 Å². The Labute approximate surface area is 187 Å². The zero-order valence-electron chi connectivity index (χ0n) is 18.8. The van der Waals surface area contributed by atoms with Crippen molar-refractivity contribution in [2.75, 3.05) is 34.4 Å². The van der Waals surface area contributed by atoms with E-state index in [4.69, 9.17) is 18.9 Å². The van der Waals surface area contributed by atoms with Crippen LogP contribution in [0.3, 0.4) is 0 Å². The van der Waals surface area contributed by atoms with E-state index in [1.165, 1.54) is 21.3 Å². The molecule has 1 unspecified atom stereocenters. The van der Waals surface area contributed by atoms with E-state index in [-0.39, 0.29) is 11.8 Å². The Morgan fingerprint density at radius 1 is 1.03 bits per heavy atom. The molecule has 8 nitrogen and oxygen atoms in total. The number of nitrogens with one attached hydrogen (secondary N) is 1. The second-order valence-corrected chi connectivity index (χ2v) is 8.08. The van der Waals surface area contributed by atoms with Gasteiger partial charge >= 0.3 is 6.09 Å². The molecular formula is C24H28N2O6. The predicted octanol–water partition coefficient (Wildman–Crippen LogP) is 3.38. The first-order chi connectivity index (χ1) is 15.4. The van der Waals surface area contributed by atoms with Gasteiger partial charge in [-0.05, 0) is 31.9 Å². The number of benzene rings is 2. The molecule has 0 bridgehead atoms. The van der Waals surface area contributed by atoms with Crippen LogP contribution >= 0.6 is 0 Å². The summed E-state index contributed by atoms with van der Waals surface area (Å²) in [7, 11) is 4.60. The molecule has 1 atom stereocenters. The van der Waals surface area contributed by atoms with E-state index in [1.54, 1.807) is 12.1 Å². The SMILES string of the molecule is COc1cc(OC)c(C(=O)C(C)N2CCC3(CC2)NC(=O)Oc2ccccc23)cc1OC. The molecule has 2 aromatic rings. The van der Waals surface area contributed by atoms with Gasteiger partial charge in [0.15, 0.2) is 17.3 Å². The predicted molar refractivity (Wildman–Crippen MR) is 118 cm³/mol. The van der Waals surface area contributed by atoms with E-state index in [0.29, 0.717) is 54.5 Å². The molecule has 170 valence electrons. The minimum absolute atomic E-state index is 0.0600. The molecule has 1 spiro atoms. The van der Waals surface area contributed by atoms with Crippen molar-refractivity contribution in [3.8, 4) is 23.0 Å². The average molecular weight is 440 g/mol. The molecule has 4 rings (SSSR count). The smallest absolute Gasteiger partial charge is 0.413 e. The summed E-state index contributed by atoms with van der Waals surface area (Å²) in [6.07, 6.45) is 0.927. The van der Waals surface area contributed by atoms with E-state index < -0.39 is 11.6 Å². The molecule has 2 aromatic carbocycles. The van der Waals surface area contributed by atoms with Gasteiger partial charge in [0.25, 0.3) is 0 Å². The molecule has 8 heteroatoms. The van der Waals surface area contributed by atoms with Crippen LogP contribution in [0.2, 0.25) is 0 Å². The number of para-hydroxylation sites is 1. The van der Waals surface area contributed by atoms with Crippen molar-refractivity contribution in [1.82, 2.24) is 10.2 Å². The summed E-state index contributed by atoms with van der Waals surface area (Å²) in [6.45, 7) is 3.20. The van der Waals surface area contributed by atoms with Gasteiger partial charge < -0.3 is 24.3 Å². The molecule has 2 aliphatic rings. The summed E-state index contributed by atoms with van der Waals surface area (Å²) in [6, 6.07) is 10.6. The van der Waals surface area contributed by atoms with Crippen molar-refractivity contribution in [2.45, 2.75) is 31.3 Å². The Bertz CT molecular complexity index is 1030. The Morgan fingerprint density at radius 3 is 2.31 bits per heavy atom. The number of hydrogen-bond acceptors (Lipinski definition) is 7. The van der Waals surface area contributed by atoms with E-state index in [2.05, 4.69) is 10.2 Å². The number of piperidine rings is 1. The Morgan fingerprint density at radius 2 is 1.66 bits per heavy atom. The summed E-state index contributed by atoms with van der Waals surface area (Å²) in [5.41, 5.74) is 0.953. The highest BCUT2D eigenvalue weighted by atomic mass is 16.6. The molecule has 1 N–H and O–H groups in total. The number of hydrogen-bond donors (Lipinski definition) is 1. The number of likely N-dealkylation sites (tertiary alicyclic amines) is 1. The number of ketones is 1. The highest BCUT2D eigenvalue weighted by Gasteiger charge is 2.44. The zero-order valence-corrected chi connectivity index (χ0v) is 18.8. The van der Waals surface area contributed by atoms with Crippen molar-refractivity contribution in [2.24, 2.45) is 0 Å². The fourth-order valence-corrected chi connectivity index (χ4v) is 4.64. The van der Waals surface area contributed by atoms with Crippen LogP contribution in [0.15, 0.2) is 36.4 Å². The highest BCUT2D eigenvalue weighted by Crippen LogP contribution is 2.41. The van der Waals surface area contributed by atoms with Gasteiger partial charge in [0, 0.05) is 24.7 Å². The van der Waals surface area contributed by atoms with Gasteiger partial charge in [0.05, 0.1) is 38.5 Å². The minimum atomic E-state index is -0.480. The largest absolute Gasteiger partial charge is 0.496 e. The van der Waals surface area contributed by atoms with Crippen LogP contribution in [0, 0.1) is 0 Å². The minimum Gasteiger partial charge on any atom is -0.496 e. The third kappa shape index (κ3) is 3.75. The molecule has 2 aliphatic heterocycles. The lowest BCUT2D eigenvalue weighted by atomic mass is 9.79. The molecule has 32 heavy (non-hydrogen) atoms. The Hall–Kier alpha value is -3.26. The number of carbonyl (C=O) groups is 2. The lowest BCUT2D eigenvalue weighted by Crippen LogP contribution is -2.57. The number of fused-ring (bicyclic) bond motifs is 2. The quantitative estimate of drug-likeness (QED) is 0.689. The van der Waals surface area contributed by atoms with Crippen molar-refractivity contribution < 1.29 is 28.5 Å². The molecule has 0 aromatic heterocycles. The third-order valence-corrected chi connectivity index (χ3v) is 6.50. The second-order valence-electron chi connectivity index (χ2n) is 8.08. The monoisotopic (exact) mass is 440 g/mol. The van der Waals surface area contributed by atoms with Crippen LogP contribution in [-0.2, 0) is 5.54 Å². The van der Waals surface area contributed by atoms with Crippen LogP contribution in [0.1, 0.15) is 35.7 Å². The number of Topliss-reactive ketones (excluding diaryl/α,β-unsaturated/α-hetero) is 1. The molecule has 1 amide bonds. The van der Waals surface area contributed by atoms with Gasteiger partial charge in [-0.2, -0.15) is 0 Å². The van der Waals surface area contributed by atoms with Gasteiger partial charge in [0.2, 0.25) is 0 Å². The molecular weight excluding hydrogens is 412 g/mol. The zero-order chi connectivity index (χ0) is 22.9. The Balaban J connectivity index is 1.54. The van der Waals surface area contributed by atoms with Gasteiger partial charge in [-0.25, -0.2) is 4.79 Å². The fraction of sp³-hybridized carbons (Fsp3) is 0.417. The number of nitrogens with zero attached hydrogens (tertiary/aromatic N) is 1. The van der Waals surface area contributed by atoms with Crippen molar-refractivity contribution in [3.05, 3.63) is 47.5 Å². The van der Waals surface area contributed by atoms with Crippen molar-refractivity contribution in [3.63, 3.8) is 0 Å². The molecule has 2 heterocycles. The summed E-state index contributed by atoms with van der Waals surface area (Å²) in [4.78, 5) is 27.7. The van der Waals surface area contributed by atoms with Crippen LogP contribution in [0.4, 0.5) is 4.79 Å². The number of rotatable bonds is 6. The first-order valence-corrected chi connectivity index (χ1v) is 10.6. The lowest BCUT2D eigenvalue weighted by Gasteiger charge is -2.46. The lowest BCUT2D eigenvalue weighted by molar-refractivity contribution is 0.0665. The molecule has 0 aliphatic carbocycles. The molecule has 1 saturated heterocycles. The maximum Gasteiger partial charge on any atom is 0.413 e. The standard InChI is InChI=1S/C24H28N2O6/c1-15(22(27)16-13-20(30-3)21(31-4)14-19(16)29-2)26-11-9-24(10-12-26)17-7-5-6-8-18(17)32-23(28)25-24/h5-8,13-15H,9-12H2,1-4H3,(H,25,28). The first-order valence-electron chi connectivity index (χ1n) is 10.6.